The number of carbonyl (C=O) groups excluding carboxylic acids is 1. The van der Waals surface area contributed by atoms with E-state index in [9.17, 15) is 18.0 Å². The normalized spacial score (nSPS) is 16.5. The maximum atomic E-state index is 12.4. The third-order valence-corrected chi connectivity index (χ3v) is 4.21. The van der Waals surface area contributed by atoms with Crippen molar-refractivity contribution in [3.63, 3.8) is 0 Å². The van der Waals surface area contributed by atoms with Crippen LogP contribution in [0.3, 0.4) is 0 Å². The van der Waals surface area contributed by atoms with Crippen LogP contribution in [0.4, 0.5) is 24.8 Å². The van der Waals surface area contributed by atoms with Crippen molar-refractivity contribution in [2.75, 3.05) is 37.3 Å². The maximum Gasteiger partial charge on any atom is 0.490 e. The standard InChI is InChI=1S/C15H25ClN6O.C2HF3O2/c1-9(2)8-22(3)14-12(16)20-11(13(17)21-14)15(23)19-10-5-4-6-18-7-10;3-2(4,5)1(6)7/h9-10,18H,4-8H2,1-3H3,(H2,17,21)(H,19,23);(H,6,7). The lowest BCUT2D eigenvalue weighted by Crippen LogP contribution is -2.46. The number of alkyl halides is 3. The Bertz CT molecular complexity index is 742. The maximum absolute atomic E-state index is 12.4. The van der Waals surface area contributed by atoms with E-state index in [4.69, 9.17) is 27.2 Å². The molecule has 1 atom stereocenters. The molecule has 1 aliphatic rings. The van der Waals surface area contributed by atoms with Crippen molar-refractivity contribution < 1.29 is 27.9 Å². The number of nitrogens with zero attached hydrogens (tertiary/aromatic N) is 3. The first kappa shape index (κ1) is 25.7. The number of nitrogens with one attached hydrogen (secondary N) is 2. The Kier molecular flexibility index (Phi) is 9.56. The van der Waals surface area contributed by atoms with E-state index >= 15 is 0 Å². The Balaban J connectivity index is 0.000000553. The number of nitrogens with two attached hydrogens (primary N) is 1. The van der Waals surface area contributed by atoms with E-state index in [0.717, 1.165) is 32.5 Å². The minimum absolute atomic E-state index is 0.0829. The van der Waals surface area contributed by atoms with Crippen molar-refractivity contribution in [2.45, 2.75) is 38.9 Å². The second kappa shape index (κ2) is 11.2. The van der Waals surface area contributed by atoms with Gasteiger partial charge in [-0.3, -0.25) is 4.79 Å². The summed E-state index contributed by atoms with van der Waals surface area (Å²) in [6.45, 7) is 6.70. The first-order chi connectivity index (χ1) is 13.8. The van der Waals surface area contributed by atoms with Gasteiger partial charge in [0.05, 0.1) is 0 Å². The van der Waals surface area contributed by atoms with E-state index in [1.807, 2.05) is 11.9 Å². The lowest BCUT2D eigenvalue weighted by Gasteiger charge is -2.24. The molecule has 1 saturated heterocycles. The van der Waals surface area contributed by atoms with Crippen LogP contribution in [-0.2, 0) is 4.79 Å². The van der Waals surface area contributed by atoms with E-state index in [-0.39, 0.29) is 28.6 Å². The summed E-state index contributed by atoms with van der Waals surface area (Å²) < 4.78 is 31.7. The average Bonchev–Trinajstić information content (AvgIpc) is 2.63. The highest BCUT2D eigenvalue weighted by Gasteiger charge is 2.38. The summed E-state index contributed by atoms with van der Waals surface area (Å²) in [6, 6.07) is 0.0829. The number of aromatic nitrogens is 2. The monoisotopic (exact) mass is 454 g/mol. The number of amides is 1. The van der Waals surface area contributed by atoms with Gasteiger partial charge in [-0.25, -0.2) is 14.8 Å². The number of carbonyl (C=O) groups is 2. The quantitative estimate of drug-likeness (QED) is 0.530. The number of rotatable bonds is 5. The zero-order valence-corrected chi connectivity index (χ0v) is 17.6. The van der Waals surface area contributed by atoms with Gasteiger partial charge in [0.15, 0.2) is 22.5 Å². The zero-order valence-electron chi connectivity index (χ0n) is 16.9. The molecule has 13 heteroatoms. The summed E-state index contributed by atoms with van der Waals surface area (Å²) in [5.74, 6) is -2.05. The molecule has 1 fully saturated rings. The van der Waals surface area contributed by atoms with Gasteiger partial charge in [0.2, 0.25) is 0 Å². The molecule has 0 radical (unpaired) electrons. The minimum Gasteiger partial charge on any atom is -0.475 e. The molecule has 0 aliphatic carbocycles. The summed E-state index contributed by atoms with van der Waals surface area (Å²) in [5.41, 5.74) is 6.01. The van der Waals surface area contributed by atoms with Gasteiger partial charge in [0.25, 0.3) is 5.91 Å². The summed E-state index contributed by atoms with van der Waals surface area (Å²) in [4.78, 5) is 31.6. The van der Waals surface area contributed by atoms with Crippen molar-refractivity contribution in [3.8, 4) is 0 Å². The fraction of sp³-hybridized carbons (Fsp3) is 0.647. The zero-order chi connectivity index (χ0) is 23.1. The topological polar surface area (TPSA) is 133 Å². The van der Waals surface area contributed by atoms with Gasteiger partial charge in [0.1, 0.15) is 0 Å². The number of hydrogen-bond donors (Lipinski definition) is 4. The number of anilines is 2. The third kappa shape index (κ3) is 8.19. The molecular formula is C17H26ClF3N6O3. The minimum atomic E-state index is -5.08. The van der Waals surface area contributed by atoms with Crippen LogP contribution in [0.25, 0.3) is 0 Å². The molecule has 2 heterocycles. The van der Waals surface area contributed by atoms with Crippen LogP contribution in [0.15, 0.2) is 0 Å². The Morgan fingerprint density at radius 2 is 2.00 bits per heavy atom. The number of nitrogen functional groups attached to an aromatic ring is 1. The number of aliphatic carboxylic acids is 1. The lowest BCUT2D eigenvalue weighted by atomic mass is 10.1. The largest absolute Gasteiger partial charge is 0.490 e. The highest BCUT2D eigenvalue weighted by Crippen LogP contribution is 2.24. The van der Waals surface area contributed by atoms with Crippen molar-refractivity contribution >= 4 is 35.1 Å². The van der Waals surface area contributed by atoms with Crippen LogP contribution >= 0.6 is 11.6 Å². The fourth-order valence-electron chi connectivity index (χ4n) is 2.69. The fourth-order valence-corrected chi connectivity index (χ4v) is 2.96. The van der Waals surface area contributed by atoms with E-state index in [2.05, 4.69) is 34.4 Å². The molecule has 1 amide bonds. The number of hydrogen-bond acceptors (Lipinski definition) is 7. The Morgan fingerprint density at radius 1 is 1.40 bits per heavy atom. The van der Waals surface area contributed by atoms with E-state index in [0.29, 0.717) is 11.7 Å². The van der Waals surface area contributed by atoms with Crippen LogP contribution < -0.4 is 21.3 Å². The van der Waals surface area contributed by atoms with Crippen LogP contribution in [0.5, 0.6) is 0 Å². The van der Waals surface area contributed by atoms with Crippen molar-refractivity contribution in [3.05, 3.63) is 10.8 Å². The van der Waals surface area contributed by atoms with Crippen LogP contribution in [0.2, 0.25) is 5.15 Å². The Morgan fingerprint density at radius 3 is 2.47 bits per heavy atom. The summed E-state index contributed by atoms with van der Waals surface area (Å²) in [5, 5.41) is 13.5. The number of halogens is 4. The molecule has 1 unspecified atom stereocenters. The molecule has 1 aliphatic heterocycles. The van der Waals surface area contributed by atoms with Crippen molar-refractivity contribution in [1.29, 1.82) is 0 Å². The van der Waals surface area contributed by atoms with Crippen molar-refractivity contribution in [1.82, 2.24) is 20.6 Å². The predicted molar refractivity (Wildman–Crippen MR) is 107 cm³/mol. The van der Waals surface area contributed by atoms with Gasteiger partial charge in [-0.1, -0.05) is 25.4 Å². The SMILES string of the molecule is CC(C)CN(C)c1nc(N)c(C(=O)NC2CCCNC2)nc1Cl.O=C(O)C(F)(F)F. The molecule has 0 bridgehead atoms. The first-order valence-corrected chi connectivity index (χ1v) is 9.56. The number of carboxylic acid groups (broad SMARTS) is 1. The van der Waals surface area contributed by atoms with Crippen molar-refractivity contribution in [2.24, 2.45) is 5.92 Å². The molecule has 170 valence electrons. The van der Waals surface area contributed by atoms with Gasteiger partial charge in [-0.2, -0.15) is 13.2 Å². The third-order valence-electron chi connectivity index (χ3n) is 3.95. The molecule has 30 heavy (non-hydrogen) atoms. The van der Waals surface area contributed by atoms with E-state index in [1.54, 1.807) is 0 Å². The smallest absolute Gasteiger partial charge is 0.475 e. The second-order valence-corrected chi connectivity index (χ2v) is 7.52. The lowest BCUT2D eigenvalue weighted by molar-refractivity contribution is -0.192. The van der Waals surface area contributed by atoms with Gasteiger partial charge >= 0.3 is 12.1 Å². The Hall–Kier alpha value is -2.34. The molecular weight excluding hydrogens is 429 g/mol. The van der Waals surface area contributed by atoms with Crippen LogP contribution in [0.1, 0.15) is 37.2 Å². The molecule has 1 aromatic heterocycles. The summed E-state index contributed by atoms with van der Waals surface area (Å²) in [6.07, 6.45) is -3.11. The van der Waals surface area contributed by atoms with Gasteiger partial charge in [-0.05, 0) is 25.3 Å². The number of carboxylic acids is 1. The predicted octanol–water partition coefficient (Wildman–Crippen LogP) is 1.92. The van der Waals surface area contributed by atoms with Gasteiger partial charge < -0.3 is 26.4 Å². The first-order valence-electron chi connectivity index (χ1n) is 9.18. The molecule has 1 aromatic rings. The highest BCUT2D eigenvalue weighted by molar-refractivity contribution is 6.32. The summed E-state index contributed by atoms with van der Waals surface area (Å²) in [7, 11) is 1.88. The molecule has 0 saturated carbocycles. The second-order valence-electron chi connectivity index (χ2n) is 7.17. The van der Waals surface area contributed by atoms with Gasteiger partial charge in [0, 0.05) is 26.2 Å². The van der Waals surface area contributed by atoms with E-state index in [1.165, 1.54) is 0 Å². The molecule has 9 nitrogen and oxygen atoms in total. The van der Waals surface area contributed by atoms with E-state index < -0.39 is 12.1 Å². The van der Waals surface area contributed by atoms with Crippen LogP contribution in [0, 0.1) is 5.92 Å². The summed E-state index contributed by atoms with van der Waals surface area (Å²) >= 11 is 6.20. The molecule has 2 rings (SSSR count). The molecule has 5 N–H and O–H groups in total. The van der Waals surface area contributed by atoms with Crippen LogP contribution in [-0.4, -0.2) is 65.9 Å². The molecule has 0 aromatic carbocycles. The Labute approximate surface area is 177 Å². The highest BCUT2D eigenvalue weighted by atomic mass is 35.5. The molecule has 0 spiro atoms. The number of piperidine rings is 1. The average molecular weight is 455 g/mol. The van der Waals surface area contributed by atoms with Gasteiger partial charge in [-0.15, -0.1) is 0 Å².